The average Bonchev–Trinajstić information content (AvgIpc) is 3.12. The van der Waals surface area contributed by atoms with Crippen LogP contribution in [0.2, 0.25) is 10.0 Å². The Balaban J connectivity index is 1.60. The quantitative estimate of drug-likeness (QED) is 0.401. The van der Waals surface area contributed by atoms with Gasteiger partial charge in [-0.15, -0.1) is 0 Å². The van der Waals surface area contributed by atoms with Crippen LogP contribution < -0.4 is 10.6 Å². The Hall–Kier alpha value is -2.28. The highest BCUT2D eigenvalue weighted by molar-refractivity contribution is 6.39. The average molecular weight is 489 g/mol. The van der Waals surface area contributed by atoms with Crippen LogP contribution in [-0.2, 0) is 11.3 Å². The van der Waals surface area contributed by atoms with Gasteiger partial charge in [-0.3, -0.25) is 4.79 Å². The van der Waals surface area contributed by atoms with Crippen molar-refractivity contribution in [1.82, 2.24) is 14.9 Å². The summed E-state index contributed by atoms with van der Waals surface area (Å²) in [7, 11) is 1.66. The monoisotopic (exact) mass is 488 g/mol. The van der Waals surface area contributed by atoms with E-state index in [0.29, 0.717) is 51.3 Å². The number of halogens is 2. The van der Waals surface area contributed by atoms with Gasteiger partial charge >= 0.3 is 0 Å². The molecule has 0 bridgehead atoms. The highest BCUT2D eigenvalue weighted by Gasteiger charge is 2.28. The molecular weight excluding hydrogens is 459 g/mol. The van der Waals surface area contributed by atoms with Gasteiger partial charge in [0.2, 0.25) is 5.95 Å². The zero-order chi connectivity index (χ0) is 23.6. The van der Waals surface area contributed by atoms with Gasteiger partial charge in [-0.05, 0) is 61.4 Å². The number of aromatic nitrogens is 2. The van der Waals surface area contributed by atoms with Crippen molar-refractivity contribution in [2.24, 2.45) is 5.41 Å². The van der Waals surface area contributed by atoms with Gasteiger partial charge < -0.3 is 19.9 Å². The topological polar surface area (TPSA) is 68.2 Å². The predicted molar refractivity (Wildman–Crippen MR) is 135 cm³/mol. The number of benzene rings is 2. The highest BCUT2D eigenvalue weighted by Crippen LogP contribution is 2.35. The van der Waals surface area contributed by atoms with Crippen LogP contribution in [0.15, 0.2) is 36.4 Å². The first-order valence-electron chi connectivity index (χ1n) is 11.3. The van der Waals surface area contributed by atoms with Crippen LogP contribution >= 0.6 is 23.2 Å². The molecule has 1 aromatic heterocycles. The number of methoxy groups -OCH3 is 1. The van der Waals surface area contributed by atoms with Crippen LogP contribution in [0.5, 0.6) is 0 Å². The summed E-state index contributed by atoms with van der Waals surface area (Å²) >= 11 is 12.7. The fourth-order valence-electron chi connectivity index (χ4n) is 4.32. The number of rotatable bonds is 7. The third-order valence-electron chi connectivity index (χ3n) is 6.40. The standard InChI is InChI=1S/C25H30Cl2N4O2/c1-25(2)11-9-17(10-12-25)28-23(32)16-7-8-21-20(15-16)29-24(31(21)13-14-33-3)30-22-18(26)5-4-6-19(22)27/h4-8,15,17H,9-14H2,1-3H3,(H,28,32)(H,29,30). The number of fused-ring (bicyclic) bond motifs is 1. The summed E-state index contributed by atoms with van der Waals surface area (Å²) in [5, 5.41) is 7.47. The van der Waals surface area contributed by atoms with E-state index in [-0.39, 0.29) is 11.9 Å². The number of para-hydroxylation sites is 1. The molecule has 0 radical (unpaired) electrons. The molecule has 0 atom stereocenters. The van der Waals surface area contributed by atoms with Crippen molar-refractivity contribution in [2.75, 3.05) is 19.0 Å². The third kappa shape index (κ3) is 5.45. The number of hydrogen-bond donors (Lipinski definition) is 2. The third-order valence-corrected chi connectivity index (χ3v) is 7.03. The van der Waals surface area contributed by atoms with Crippen LogP contribution in [0.3, 0.4) is 0 Å². The summed E-state index contributed by atoms with van der Waals surface area (Å²) in [6, 6.07) is 11.2. The van der Waals surface area contributed by atoms with Crippen molar-refractivity contribution in [3.8, 4) is 0 Å². The minimum Gasteiger partial charge on any atom is -0.383 e. The number of carbonyl (C=O) groups excluding carboxylic acids is 1. The molecule has 176 valence electrons. The van der Waals surface area contributed by atoms with Crippen LogP contribution in [0.1, 0.15) is 49.9 Å². The minimum atomic E-state index is -0.0586. The lowest BCUT2D eigenvalue weighted by atomic mass is 9.75. The predicted octanol–water partition coefficient (Wildman–Crippen LogP) is 6.43. The highest BCUT2D eigenvalue weighted by atomic mass is 35.5. The van der Waals surface area contributed by atoms with E-state index in [0.717, 1.165) is 31.2 Å². The van der Waals surface area contributed by atoms with Crippen LogP contribution in [0, 0.1) is 5.41 Å². The lowest BCUT2D eigenvalue weighted by Crippen LogP contribution is -2.39. The van der Waals surface area contributed by atoms with Crippen molar-refractivity contribution in [2.45, 2.75) is 52.1 Å². The number of imidazole rings is 1. The molecule has 0 unspecified atom stereocenters. The molecule has 1 aliphatic carbocycles. The van der Waals surface area contributed by atoms with Gasteiger partial charge in [0.25, 0.3) is 5.91 Å². The fraction of sp³-hybridized carbons (Fsp3) is 0.440. The minimum absolute atomic E-state index is 0.0586. The number of ether oxygens (including phenoxy) is 1. The second-order valence-corrected chi connectivity index (χ2v) is 10.2. The molecular formula is C25H30Cl2N4O2. The summed E-state index contributed by atoms with van der Waals surface area (Å²) < 4.78 is 7.29. The lowest BCUT2D eigenvalue weighted by molar-refractivity contribution is 0.0909. The van der Waals surface area contributed by atoms with Gasteiger partial charge in [0.05, 0.1) is 33.4 Å². The first-order chi connectivity index (χ1) is 15.8. The molecule has 8 heteroatoms. The molecule has 0 aliphatic heterocycles. The smallest absolute Gasteiger partial charge is 0.251 e. The Morgan fingerprint density at radius 2 is 1.88 bits per heavy atom. The van der Waals surface area contributed by atoms with E-state index in [1.165, 1.54) is 0 Å². The van der Waals surface area contributed by atoms with Gasteiger partial charge in [0.15, 0.2) is 0 Å². The van der Waals surface area contributed by atoms with Gasteiger partial charge in [-0.1, -0.05) is 43.1 Å². The Labute approximate surface area is 204 Å². The molecule has 1 aliphatic rings. The maximum Gasteiger partial charge on any atom is 0.251 e. The maximum atomic E-state index is 12.9. The van der Waals surface area contributed by atoms with E-state index in [9.17, 15) is 4.79 Å². The molecule has 4 rings (SSSR count). The van der Waals surface area contributed by atoms with Crippen molar-refractivity contribution in [3.05, 3.63) is 52.0 Å². The molecule has 33 heavy (non-hydrogen) atoms. The Kier molecular flexibility index (Phi) is 7.17. The van der Waals surface area contributed by atoms with Crippen LogP contribution in [0.4, 0.5) is 11.6 Å². The van der Waals surface area contributed by atoms with Crippen molar-refractivity contribution < 1.29 is 9.53 Å². The van der Waals surface area contributed by atoms with Gasteiger partial charge in [-0.2, -0.15) is 0 Å². The normalized spacial score (nSPS) is 16.2. The molecule has 0 spiro atoms. The maximum absolute atomic E-state index is 12.9. The number of nitrogens with one attached hydrogen (secondary N) is 2. The molecule has 3 aromatic rings. The molecule has 1 amide bonds. The number of nitrogens with zero attached hydrogens (tertiary/aromatic N) is 2. The molecule has 1 saturated carbocycles. The summed E-state index contributed by atoms with van der Waals surface area (Å²) in [6.45, 7) is 5.68. The SMILES string of the molecule is COCCn1c(Nc2c(Cl)cccc2Cl)nc2cc(C(=O)NC3CCC(C)(C)CC3)ccc21. The van der Waals surface area contributed by atoms with Crippen LogP contribution in [-0.4, -0.2) is 35.2 Å². The summed E-state index contributed by atoms with van der Waals surface area (Å²) in [4.78, 5) is 17.7. The number of anilines is 2. The number of amides is 1. The van der Waals surface area contributed by atoms with Crippen molar-refractivity contribution in [3.63, 3.8) is 0 Å². The first-order valence-corrected chi connectivity index (χ1v) is 12.0. The first kappa shape index (κ1) is 23.9. The van der Waals surface area contributed by atoms with E-state index in [2.05, 4.69) is 24.5 Å². The molecule has 2 aromatic carbocycles. The number of carbonyl (C=O) groups is 1. The second kappa shape index (κ2) is 9.92. The Bertz CT molecular complexity index is 1130. The lowest BCUT2D eigenvalue weighted by Gasteiger charge is -2.34. The van der Waals surface area contributed by atoms with E-state index in [1.54, 1.807) is 25.3 Å². The van der Waals surface area contributed by atoms with Gasteiger partial charge in [0.1, 0.15) is 0 Å². The zero-order valence-corrected chi connectivity index (χ0v) is 20.8. The van der Waals surface area contributed by atoms with Crippen molar-refractivity contribution in [1.29, 1.82) is 0 Å². The molecule has 2 N–H and O–H groups in total. The van der Waals surface area contributed by atoms with Crippen molar-refractivity contribution >= 4 is 51.8 Å². The van der Waals surface area contributed by atoms with Gasteiger partial charge in [-0.25, -0.2) is 4.98 Å². The molecule has 1 heterocycles. The molecule has 1 fully saturated rings. The zero-order valence-electron chi connectivity index (χ0n) is 19.3. The summed E-state index contributed by atoms with van der Waals surface area (Å²) in [6.07, 6.45) is 4.28. The van der Waals surface area contributed by atoms with E-state index in [1.807, 2.05) is 22.8 Å². The van der Waals surface area contributed by atoms with E-state index >= 15 is 0 Å². The van der Waals surface area contributed by atoms with Crippen LogP contribution in [0.25, 0.3) is 11.0 Å². The summed E-state index contributed by atoms with van der Waals surface area (Å²) in [5.74, 6) is 0.529. The van der Waals surface area contributed by atoms with E-state index in [4.69, 9.17) is 32.9 Å². The second-order valence-electron chi connectivity index (χ2n) is 9.42. The van der Waals surface area contributed by atoms with Gasteiger partial charge in [0, 0.05) is 25.3 Å². The summed E-state index contributed by atoms with van der Waals surface area (Å²) in [5.41, 5.74) is 3.17. The Morgan fingerprint density at radius 1 is 1.18 bits per heavy atom. The molecule has 0 saturated heterocycles. The fourth-order valence-corrected chi connectivity index (χ4v) is 4.81. The Morgan fingerprint density at radius 3 is 2.55 bits per heavy atom. The van der Waals surface area contributed by atoms with E-state index < -0.39 is 0 Å². The largest absolute Gasteiger partial charge is 0.383 e. The molecule has 6 nitrogen and oxygen atoms in total. The number of hydrogen-bond acceptors (Lipinski definition) is 4.